The first-order chi connectivity index (χ1) is 11.5. The number of nitrogens with one attached hydrogen (secondary N) is 1. The molecular formula is C20H28N2O2. The zero-order valence-corrected chi connectivity index (χ0v) is 14.5. The van der Waals surface area contributed by atoms with Crippen LogP contribution in [0.5, 0.6) is 0 Å². The van der Waals surface area contributed by atoms with Gasteiger partial charge >= 0.3 is 0 Å². The van der Waals surface area contributed by atoms with Crippen molar-refractivity contribution in [1.82, 2.24) is 5.32 Å². The van der Waals surface area contributed by atoms with Crippen LogP contribution in [0.15, 0.2) is 17.8 Å². The molecule has 3 aliphatic carbocycles. The maximum absolute atomic E-state index is 12.0. The Balaban J connectivity index is 1.73. The maximum atomic E-state index is 12.0. The van der Waals surface area contributed by atoms with Gasteiger partial charge in [-0.1, -0.05) is 13.0 Å². The van der Waals surface area contributed by atoms with Gasteiger partial charge in [0.05, 0.1) is 0 Å². The van der Waals surface area contributed by atoms with Crippen LogP contribution in [0.4, 0.5) is 0 Å². The fraction of sp³-hybridized carbons (Fsp3) is 0.750. The van der Waals surface area contributed by atoms with Gasteiger partial charge in [-0.2, -0.15) is 0 Å². The molecule has 1 aliphatic heterocycles. The quantitative estimate of drug-likeness (QED) is 0.765. The molecule has 1 saturated heterocycles. The van der Waals surface area contributed by atoms with Crippen LogP contribution < -0.4 is 11.1 Å². The Hall–Kier alpha value is -1.54. The Morgan fingerprint density at radius 3 is 2.92 bits per heavy atom. The van der Waals surface area contributed by atoms with Gasteiger partial charge < -0.3 is 11.1 Å². The van der Waals surface area contributed by atoms with E-state index in [1.165, 1.54) is 18.5 Å². The minimum absolute atomic E-state index is 0.187. The third-order valence-electron chi connectivity index (χ3n) is 7.91. The number of carbonyl (C=O) groups is 1. The van der Waals surface area contributed by atoms with Gasteiger partial charge in [-0.3, -0.25) is 4.79 Å². The molecule has 0 bridgehead atoms. The van der Waals surface area contributed by atoms with Gasteiger partial charge in [0.15, 0.2) is 0 Å². The smallest absolute Gasteiger partial charge is 0.221 e. The number of piperidine rings is 1. The highest BCUT2D eigenvalue weighted by Gasteiger charge is 2.60. The van der Waals surface area contributed by atoms with Gasteiger partial charge in [-0.05, 0) is 62.7 Å². The second kappa shape index (κ2) is 5.49. The summed E-state index contributed by atoms with van der Waals surface area (Å²) in [7, 11) is 0. The summed E-state index contributed by atoms with van der Waals surface area (Å²) in [5.74, 6) is 3.21. The van der Waals surface area contributed by atoms with Crippen LogP contribution in [0.1, 0.15) is 51.9 Å². The van der Waals surface area contributed by atoms with Crippen LogP contribution in [0.3, 0.4) is 0 Å². The van der Waals surface area contributed by atoms with Gasteiger partial charge in [-0.25, -0.2) is 4.79 Å². The van der Waals surface area contributed by atoms with Crippen molar-refractivity contribution in [1.29, 1.82) is 0 Å². The summed E-state index contributed by atoms with van der Waals surface area (Å²) in [5.41, 5.74) is 7.06. The molecule has 0 spiro atoms. The van der Waals surface area contributed by atoms with E-state index in [1.807, 2.05) is 5.94 Å². The van der Waals surface area contributed by atoms with Gasteiger partial charge in [0.1, 0.15) is 5.94 Å². The van der Waals surface area contributed by atoms with Gasteiger partial charge in [-0.15, -0.1) is 0 Å². The van der Waals surface area contributed by atoms with E-state index in [1.54, 1.807) is 6.08 Å². The zero-order valence-electron chi connectivity index (χ0n) is 14.5. The van der Waals surface area contributed by atoms with E-state index in [9.17, 15) is 9.59 Å². The number of hydrogen-bond acceptors (Lipinski definition) is 3. The molecule has 3 N–H and O–H groups in total. The normalized spacial score (nSPS) is 46.5. The lowest BCUT2D eigenvalue weighted by Gasteiger charge is -2.57. The van der Waals surface area contributed by atoms with Crippen LogP contribution in [-0.4, -0.2) is 18.4 Å². The number of allylic oxidation sites excluding steroid dienone is 3. The summed E-state index contributed by atoms with van der Waals surface area (Å²) in [6.07, 6.45) is 11.4. The Morgan fingerprint density at radius 1 is 1.33 bits per heavy atom. The first-order valence-corrected chi connectivity index (χ1v) is 9.49. The third-order valence-corrected chi connectivity index (χ3v) is 7.91. The number of carbonyl (C=O) groups excluding carboxylic acids is 2. The molecule has 24 heavy (non-hydrogen) atoms. The second-order valence-electron chi connectivity index (χ2n) is 8.62. The molecule has 0 unspecified atom stereocenters. The summed E-state index contributed by atoms with van der Waals surface area (Å²) in [6, 6.07) is 0. The standard InChI is InChI=1S/C20H28N2O2/c1-19-8-2-11-22-17(19)6-3-13-14(19)7-9-20(10-12-23)15(13)4-5-16(20)18(21)24/h6,10,13-16,22H,2-5,7-9,11H2,1H3,(H2,21,24)/t13-,14+,15+,16-,19-,20-/m1/s1. The lowest BCUT2D eigenvalue weighted by atomic mass is 9.48. The van der Waals surface area contributed by atoms with E-state index < -0.39 is 0 Å². The van der Waals surface area contributed by atoms with E-state index in [4.69, 9.17) is 5.73 Å². The molecule has 6 atom stereocenters. The Morgan fingerprint density at radius 2 is 2.17 bits per heavy atom. The lowest BCUT2D eigenvalue weighted by Crippen LogP contribution is -2.53. The Kier molecular flexibility index (Phi) is 3.65. The SMILES string of the molecule is C[C@]12CCCNC1=CC[C@H]1[C@@H]3CC[C@H](C(N)=O)[C@@]3(C=C=O)CC[C@@H]12. The molecule has 2 saturated carbocycles. The van der Waals surface area contributed by atoms with Crippen molar-refractivity contribution in [3.63, 3.8) is 0 Å². The maximum Gasteiger partial charge on any atom is 0.221 e. The van der Waals surface area contributed by atoms with Crippen molar-refractivity contribution in [2.24, 2.45) is 40.2 Å². The number of amides is 1. The van der Waals surface area contributed by atoms with Crippen LogP contribution in [0.25, 0.3) is 0 Å². The molecule has 0 aromatic rings. The first-order valence-electron chi connectivity index (χ1n) is 9.49. The molecule has 0 aromatic heterocycles. The molecule has 0 radical (unpaired) electrons. The number of fused-ring (bicyclic) bond motifs is 5. The second-order valence-corrected chi connectivity index (χ2v) is 8.62. The molecule has 4 rings (SSSR count). The number of primary amides is 1. The highest BCUT2D eigenvalue weighted by Crippen LogP contribution is 2.65. The molecular weight excluding hydrogens is 300 g/mol. The summed E-state index contributed by atoms with van der Waals surface area (Å²) in [4.78, 5) is 23.3. The van der Waals surface area contributed by atoms with Gasteiger partial charge in [0.2, 0.25) is 5.91 Å². The Labute approximate surface area is 143 Å². The van der Waals surface area contributed by atoms with Gasteiger partial charge in [0.25, 0.3) is 0 Å². The summed E-state index contributed by atoms with van der Waals surface area (Å²) in [5, 5.41) is 3.63. The predicted octanol–water partition coefficient (Wildman–Crippen LogP) is 2.58. The zero-order chi connectivity index (χ0) is 16.9. The minimum atomic E-state index is -0.335. The Bertz CT molecular complexity index is 636. The highest BCUT2D eigenvalue weighted by molar-refractivity contribution is 5.79. The van der Waals surface area contributed by atoms with Crippen molar-refractivity contribution >= 4 is 11.8 Å². The summed E-state index contributed by atoms with van der Waals surface area (Å²) >= 11 is 0. The van der Waals surface area contributed by atoms with E-state index in [2.05, 4.69) is 18.3 Å². The molecule has 4 aliphatic rings. The summed E-state index contributed by atoms with van der Waals surface area (Å²) in [6.45, 7) is 3.51. The molecule has 1 amide bonds. The third kappa shape index (κ3) is 1.99. The van der Waals surface area contributed by atoms with E-state index >= 15 is 0 Å². The first kappa shape index (κ1) is 16.0. The van der Waals surface area contributed by atoms with E-state index in [0.717, 1.165) is 38.6 Å². The minimum Gasteiger partial charge on any atom is -0.388 e. The topological polar surface area (TPSA) is 72.2 Å². The van der Waals surface area contributed by atoms with Crippen molar-refractivity contribution in [3.05, 3.63) is 17.8 Å². The average Bonchev–Trinajstić information content (AvgIpc) is 2.94. The van der Waals surface area contributed by atoms with E-state index in [0.29, 0.717) is 17.8 Å². The summed E-state index contributed by atoms with van der Waals surface area (Å²) < 4.78 is 0. The monoisotopic (exact) mass is 328 g/mol. The van der Waals surface area contributed by atoms with Crippen molar-refractivity contribution in [3.8, 4) is 0 Å². The molecule has 4 heteroatoms. The largest absolute Gasteiger partial charge is 0.388 e. The number of nitrogens with two attached hydrogens (primary N) is 1. The fourth-order valence-corrected chi connectivity index (χ4v) is 6.89. The van der Waals surface area contributed by atoms with Crippen LogP contribution in [0.2, 0.25) is 0 Å². The van der Waals surface area contributed by atoms with Gasteiger partial charge in [0, 0.05) is 35.1 Å². The predicted molar refractivity (Wildman–Crippen MR) is 92.4 cm³/mol. The highest BCUT2D eigenvalue weighted by atomic mass is 16.1. The molecule has 1 heterocycles. The molecule has 3 fully saturated rings. The van der Waals surface area contributed by atoms with Crippen LogP contribution in [-0.2, 0) is 9.59 Å². The molecule has 130 valence electrons. The van der Waals surface area contributed by atoms with Crippen molar-refractivity contribution < 1.29 is 9.59 Å². The molecule has 4 nitrogen and oxygen atoms in total. The van der Waals surface area contributed by atoms with Crippen LogP contribution >= 0.6 is 0 Å². The number of hydrogen-bond donors (Lipinski definition) is 2. The van der Waals surface area contributed by atoms with Crippen molar-refractivity contribution in [2.75, 3.05) is 6.54 Å². The van der Waals surface area contributed by atoms with Crippen molar-refractivity contribution in [2.45, 2.75) is 51.9 Å². The number of rotatable bonds is 2. The van der Waals surface area contributed by atoms with E-state index in [-0.39, 0.29) is 22.7 Å². The van der Waals surface area contributed by atoms with Crippen LogP contribution in [0, 0.1) is 34.5 Å². The molecule has 0 aromatic carbocycles. The fourth-order valence-electron chi connectivity index (χ4n) is 6.89. The lowest BCUT2D eigenvalue weighted by molar-refractivity contribution is -0.126. The average molecular weight is 328 g/mol.